The summed E-state index contributed by atoms with van der Waals surface area (Å²) in [6.07, 6.45) is -9.78. The second kappa shape index (κ2) is 10.8. The van der Waals surface area contributed by atoms with Gasteiger partial charge in [-0.15, -0.1) is 0 Å². The van der Waals surface area contributed by atoms with Crippen LogP contribution >= 0.6 is 0 Å². The van der Waals surface area contributed by atoms with E-state index < -0.39 is 53.6 Å². The van der Waals surface area contributed by atoms with E-state index in [2.05, 4.69) is 10.1 Å². The predicted octanol–water partition coefficient (Wildman–Crippen LogP) is 5.01. The Morgan fingerprint density at radius 1 is 0.788 bits per heavy atom. The molecule has 0 unspecified atom stereocenters. The molecule has 2 N–H and O–H groups in total. The minimum Gasteiger partial charge on any atom is -0.456 e. The lowest BCUT2D eigenvalue weighted by Gasteiger charge is -2.13. The molecule has 6 nitrogen and oxygen atoms in total. The Kier molecular flexibility index (Phi) is 8.44. The molecule has 0 aliphatic carbocycles. The lowest BCUT2D eigenvalue weighted by molar-refractivity contribution is -0.147. The van der Waals surface area contributed by atoms with Gasteiger partial charge in [0.15, 0.2) is 6.61 Å². The van der Waals surface area contributed by atoms with Crippen LogP contribution in [0.4, 0.5) is 37.7 Å². The van der Waals surface area contributed by atoms with Gasteiger partial charge >= 0.3 is 18.3 Å². The highest BCUT2D eigenvalue weighted by molar-refractivity contribution is 5.93. The molecular weight excluding hydrogens is 458 g/mol. The van der Waals surface area contributed by atoms with Crippen LogP contribution < -0.4 is 10.6 Å². The first kappa shape index (κ1) is 25.7. The van der Waals surface area contributed by atoms with Crippen molar-refractivity contribution in [1.29, 1.82) is 0 Å². The van der Waals surface area contributed by atoms with Gasteiger partial charge in [0.1, 0.15) is 0 Å². The topological polar surface area (TPSA) is 84.5 Å². The van der Waals surface area contributed by atoms with Crippen molar-refractivity contribution in [2.75, 3.05) is 17.2 Å². The third kappa shape index (κ3) is 8.47. The van der Waals surface area contributed by atoms with Crippen molar-refractivity contribution in [3.05, 3.63) is 59.7 Å². The normalized spacial score (nSPS) is 11.6. The van der Waals surface area contributed by atoms with Crippen LogP contribution in [0.1, 0.15) is 30.4 Å². The fraction of sp³-hybridized carbons (Fsp3) is 0.286. The largest absolute Gasteiger partial charge is 0.456 e. The lowest BCUT2D eigenvalue weighted by Crippen LogP contribution is -2.22. The van der Waals surface area contributed by atoms with E-state index in [4.69, 9.17) is 0 Å². The molecule has 0 fully saturated rings. The highest BCUT2D eigenvalue weighted by atomic mass is 19.4. The van der Waals surface area contributed by atoms with Gasteiger partial charge < -0.3 is 15.4 Å². The molecule has 12 heteroatoms. The van der Waals surface area contributed by atoms with E-state index >= 15 is 0 Å². The van der Waals surface area contributed by atoms with Gasteiger partial charge in [0.25, 0.3) is 5.91 Å². The average molecular weight is 476 g/mol. The maximum Gasteiger partial charge on any atom is 0.418 e. The van der Waals surface area contributed by atoms with Gasteiger partial charge in [0.2, 0.25) is 5.91 Å². The van der Waals surface area contributed by atoms with Gasteiger partial charge in [0.05, 0.1) is 16.8 Å². The van der Waals surface area contributed by atoms with Crippen molar-refractivity contribution >= 4 is 29.2 Å². The minimum atomic E-state index is -4.69. The van der Waals surface area contributed by atoms with Crippen LogP contribution in [-0.4, -0.2) is 24.4 Å². The number of para-hydroxylation sites is 1. The monoisotopic (exact) mass is 476 g/mol. The summed E-state index contributed by atoms with van der Waals surface area (Å²) < 4.78 is 81.4. The molecule has 0 spiro atoms. The fourth-order valence-electron chi connectivity index (χ4n) is 2.63. The van der Waals surface area contributed by atoms with E-state index in [0.29, 0.717) is 0 Å². The summed E-state index contributed by atoms with van der Waals surface area (Å²) in [5.74, 6) is -2.49. The number of rotatable bonds is 8. The number of anilines is 2. The molecular formula is C21H18F6N2O4. The summed E-state index contributed by atoms with van der Waals surface area (Å²) in [5, 5.41) is 4.28. The molecule has 0 aromatic heterocycles. The van der Waals surface area contributed by atoms with E-state index in [1.807, 2.05) is 5.32 Å². The molecule has 0 saturated carbocycles. The van der Waals surface area contributed by atoms with E-state index in [1.54, 1.807) is 0 Å². The SMILES string of the molecule is O=C(CCCC(=O)OCC(=O)Nc1ccccc1C(F)(F)F)Nc1cccc(C(F)(F)F)c1. The van der Waals surface area contributed by atoms with Crippen LogP contribution in [0.25, 0.3) is 0 Å². The number of ether oxygens (including phenoxy) is 1. The zero-order valence-corrected chi connectivity index (χ0v) is 16.8. The van der Waals surface area contributed by atoms with Gasteiger partial charge in [-0.1, -0.05) is 18.2 Å². The smallest absolute Gasteiger partial charge is 0.418 e. The minimum absolute atomic E-state index is 0.0256. The zero-order chi connectivity index (χ0) is 24.6. The number of hydrogen-bond acceptors (Lipinski definition) is 4. The van der Waals surface area contributed by atoms with Crippen molar-refractivity contribution in [3.8, 4) is 0 Å². The number of alkyl halides is 6. The Hall–Kier alpha value is -3.57. The van der Waals surface area contributed by atoms with Gasteiger partial charge in [-0.2, -0.15) is 26.3 Å². The lowest BCUT2D eigenvalue weighted by atomic mass is 10.1. The maximum atomic E-state index is 12.9. The molecule has 0 aliphatic rings. The second-order valence-electron chi connectivity index (χ2n) is 6.73. The summed E-state index contributed by atoms with van der Waals surface area (Å²) in [6, 6.07) is 8.30. The Morgan fingerprint density at radius 2 is 1.48 bits per heavy atom. The first-order valence-electron chi connectivity index (χ1n) is 9.45. The van der Waals surface area contributed by atoms with Crippen LogP contribution in [0.5, 0.6) is 0 Å². The number of carbonyl (C=O) groups is 3. The molecule has 0 saturated heterocycles. The third-order valence-electron chi connectivity index (χ3n) is 4.13. The van der Waals surface area contributed by atoms with Crippen molar-refractivity contribution in [1.82, 2.24) is 0 Å². The average Bonchev–Trinajstić information content (AvgIpc) is 2.71. The third-order valence-corrected chi connectivity index (χ3v) is 4.13. The summed E-state index contributed by atoms with van der Waals surface area (Å²) in [4.78, 5) is 35.3. The molecule has 33 heavy (non-hydrogen) atoms. The molecule has 178 valence electrons. The van der Waals surface area contributed by atoms with Crippen LogP contribution in [-0.2, 0) is 31.5 Å². The summed E-state index contributed by atoms with van der Waals surface area (Å²) in [6.45, 7) is -0.832. The Labute approximate surface area is 183 Å². The van der Waals surface area contributed by atoms with Crippen LogP contribution in [0.2, 0.25) is 0 Å². The first-order valence-corrected chi connectivity index (χ1v) is 9.45. The molecule has 2 rings (SSSR count). The van der Waals surface area contributed by atoms with Crippen molar-refractivity contribution in [2.24, 2.45) is 0 Å². The molecule has 2 aromatic rings. The highest BCUT2D eigenvalue weighted by Gasteiger charge is 2.33. The summed E-state index contributed by atoms with van der Waals surface area (Å²) in [5.41, 5.74) is -2.54. The standard InChI is InChI=1S/C21H18F6N2O4/c22-20(23,24)13-5-3-6-14(11-13)28-17(30)9-4-10-19(32)33-12-18(31)29-16-8-2-1-7-15(16)21(25,26)27/h1-3,5-8,11H,4,9-10,12H2,(H,28,30)(H,29,31). The number of halogens is 6. The summed E-state index contributed by atoms with van der Waals surface area (Å²) in [7, 11) is 0. The second-order valence-corrected chi connectivity index (χ2v) is 6.73. The van der Waals surface area contributed by atoms with Crippen LogP contribution in [0.3, 0.4) is 0 Å². The molecule has 0 atom stereocenters. The van der Waals surface area contributed by atoms with E-state index in [0.717, 1.165) is 36.4 Å². The number of carbonyl (C=O) groups excluding carboxylic acids is 3. The van der Waals surface area contributed by atoms with Crippen molar-refractivity contribution < 1.29 is 45.5 Å². The van der Waals surface area contributed by atoms with Crippen LogP contribution in [0.15, 0.2) is 48.5 Å². The first-order chi connectivity index (χ1) is 15.4. The van der Waals surface area contributed by atoms with Crippen molar-refractivity contribution in [3.63, 3.8) is 0 Å². The predicted molar refractivity (Wildman–Crippen MR) is 105 cm³/mol. The Morgan fingerprint density at radius 3 is 2.15 bits per heavy atom. The number of esters is 1. The van der Waals surface area contributed by atoms with Crippen molar-refractivity contribution in [2.45, 2.75) is 31.6 Å². The summed E-state index contributed by atoms with van der Waals surface area (Å²) >= 11 is 0. The number of benzene rings is 2. The molecule has 0 aliphatic heterocycles. The van der Waals surface area contributed by atoms with Gasteiger partial charge in [-0.05, 0) is 36.8 Å². The molecule has 2 amide bonds. The number of hydrogen-bond donors (Lipinski definition) is 2. The van der Waals surface area contributed by atoms with E-state index in [1.165, 1.54) is 12.1 Å². The van der Waals surface area contributed by atoms with E-state index in [9.17, 15) is 40.7 Å². The highest BCUT2D eigenvalue weighted by Crippen LogP contribution is 2.34. The van der Waals surface area contributed by atoms with E-state index in [-0.39, 0.29) is 24.9 Å². The van der Waals surface area contributed by atoms with Crippen LogP contribution in [0, 0.1) is 0 Å². The zero-order valence-electron chi connectivity index (χ0n) is 16.8. The quantitative estimate of drug-likeness (QED) is 0.414. The fourth-order valence-corrected chi connectivity index (χ4v) is 2.63. The number of nitrogens with one attached hydrogen (secondary N) is 2. The molecule has 2 aromatic carbocycles. The maximum absolute atomic E-state index is 12.9. The van der Waals surface area contributed by atoms with Gasteiger partial charge in [-0.3, -0.25) is 14.4 Å². The molecule has 0 bridgehead atoms. The Balaban J connectivity index is 1.74. The van der Waals surface area contributed by atoms with Gasteiger partial charge in [0, 0.05) is 18.5 Å². The molecule has 0 heterocycles. The molecule has 0 radical (unpaired) electrons. The number of amides is 2. The van der Waals surface area contributed by atoms with Gasteiger partial charge in [-0.25, -0.2) is 0 Å². The Bertz CT molecular complexity index is 1000.